The summed E-state index contributed by atoms with van der Waals surface area (Å²) in [6, 6.07) is 21.7. The Morgan fingerprint density at radius 2 is 1.74 bits per heavy atom. The first-order chi connectivity index (χ1) is 20.2. The van der Waals surface area contributed by atoms with Crippen molar-refractivity contribution in [2.45, 2.75) is 78.0 Å². The van der Waals surface area contributed by atoms with Crippen molar-refractivity contribution in [3.05, 3.63) is 78.1 Å². The number of anilines is 1. The van der Waals surface area contributed by atoms with E-state index in [0.29, 0.717) is 6.04 Å². The lowest BCUT2D eigenvalue weighted by molar-refractivity contribution is -0.147. The van der Waals surface area contributed by atoms with Crippen LogP contribution in [0.5, 0.6) is 0 Å². The number of piperidine rings is 1. The van der Waals surface area contributed by atoms with Crippen LogP contribution >= 0.6 is 0 Å². The summed E-state index contributed by atoms with van der Waals surface area (Å²) in [6.45, 7) is 13.1. The van der Waals surface area contributed by atoms with Gasteiger partial charge in [0.05, 0.1) is 12.5 Å². The molecule has 3 heterocycles. The summed E-state index contributed by atoms with van der Waals surface area (Å²) in [6.07, 6.45) is 4.86. The maximum Gasteiger partial charge on any atom is 0.325 e. The van der Waals surface area contributed by atoms with Gasteiger partial charge in [-0.1, -0.05) is 74.9 Å². The molecule has 42 heavy (non-hydrogen) atoms. The zero-order chi connectivity index (χ0) is 30.1. The lowest BCUT2D eigenvalue weighted by atomic mass is 9.98. The summed E-state index contributed by atoms with van der Waals surface area (Å²) in [7, 11) is 1.44. The quantitative estimate of drug-likeness (QED) is 0.192. The molecule has 0 amide bonds. The molecular weight excluding hydrogens is 524 g/mol. The number of carbonyl (C=O) groups excluding carboxylic acids is 1. The third kappa shape index (κ3) is 7.95. The number of H-pyrrole nitrogens is 1. The number of hydrogen-bond donors (Lipinski definition) is 3. The van der Waals surface area contributed by atoms with Crippen LogP contribution in [0.15, 0.2) is 67.0 Å². The van der Waals surface area contributed by atoms with Gasteiger partial charge in [-0.05, 0) is 69.5 Å². The number of aromatic amines is 1. The van der Waals surface area contributed by atoms with Crippen molar-refractivity contribution in [1.82, 2.24) is 25.2 Å². The number of benzene rings is 2. The highest BCUT2D eigenvalue weighted by Crippen LogP contribution is 2.29. The standard InChI is InChI=1S/C31H38N6O2.C3H8/c1-21(23-8-6-5-7-9-23)34-28-26-18-27(35-29(26)33-20-32-28)24-12-10-22(11-13-24)19-37-16-14-25(15-17-37)36-31(2,3)30(38)39-4;1-3-2/h5-13,18,20-21,25,36H,14-17,19H2,1-4H3,(H2,32,33,34,35);3H2,1-2H3/t21-;/m1./s1. The molecule has 0 spiro atoms. The molecule has 4 aromatic rings. The molecule has 1 aliphatic rings. The number of hydrogen-bond acceptors (Lipinski definition) is 7. The number of nitrogens with zero attached hydrogens (tertiary/aromatic N) is 3. The number of aromatic nitrogens is 3. The van der Waals surface area contributed by atoms with Crippen LogP contribution in [0.1, 0.15) is 71.0 Å². The number of methoxy groups -OCH3 is 1. The Hall–Kier alpha value is -3.75. The Morgan fingerprint density at radius 3 is 2.38 bits per heavy atom. The lowest BCUT2D eigenvalue weighted by Gasteiger charge is -2.36. The molecule has 0 saturated carbocycles. The van der Waals surface area contributed by atoms with E-state index in [0.717, 1.165) is 60.6 Å². The Kier molecular flexibility index (Phi) is 10.7. The van der Waals surface area contributed by atoms with Gasteiger partial charge in [0.2, 0.25) is 0 Å². The Morgan fingerprint density at radius 1 is 1.07 bits per heavy atom. The molecule has 2 aromatic carbocycles. The van der Waals surface area contributed by atoms with Gasteiger partial charge in [0.1, 0.15) is 23.3 Å². The van der Waals surface area contributed by atoms with Crippen LogP contribution in [0.25, 0.3) is 22.3 Å². The third-order valence-electron chi connectivity index (χ3n) is 7.60. The van der Waals surface area contributed by atoms with Crippen LogP contribution in [0.4, 0.5) is 5.82 Å². The minimum atomic E-state index is -0.664. The van der Waals surface area contributed by atoms with Crippen molar-refractivity contribution in [1.29, 1.82) is 0 Å². The Balaban J connectivity index is 0.00000129. The molecule has 8 nitrogen and oxygen atoms in total. The van der Waals surface area contributed by atoms with E-state index in [-0.39, 0.29) is 12.0 Å². The average molecular weight is 571 g/mol. The molecule has 1 saturated heterocycles. The van der Waals surface area contributed by atoms with Crippen molar-refractivity contribution in [2.75, 3.05) is 25.5 Å². The first-order valence-corrected chi connectivity index (χ1v) is 15.1. The van der Waals surface area contributed by atoms with Gasteiger partial charge in [0, 0.05) is 24.3 Å². The van der Waals surface area contributed by atoms with Gasteiger partial charge in [-0.2, -0.15) is 0 Å². The van der Waals surface area contributed by atoms with Crippen molar-refractivity contribution in [2.24, 2.45) is 0 Å². The highest BCUT2D eigenvalue weighted by atomic mass is 16.5. The van der Waals surface area contributed by atoms with Crippen molar-refractivity contribution in [3.8, 4) is 11.3 Å². The molecular formula is C34H46N6O2. The van der Waals surface area contributed by atoms with Gasteiger partial charge in [0.15, 0.2) is 0 Å². The minimum absolute atomic E-state index is 0.127. The molecule has 5 rings (SSSR count). The van der Waals surface area contributed by atoms with E-state index in [1.165, 1.54) is 24.7 Å². The average Bonchev–Trinajstić information content (AvgIpc) is 3.44. The molecule has 1 aliphatic heterocycles. The van der Waals surface area contributed by atoms with Crippen LogP contribution in [0, 0.1) is 0 Å². The highest BCUT2D eigenvalue weighted by molar-refractivity contribution is 5.91. The lowest BCUT2D eigenvalue weighted by Crippen LogP contribution is -2.54. The van der Waals surface area contributed by atoms with Crippen molar-refractivity contribution in [3.63, 3.8) is 0 Å². The molecule has 224 valence electrons. The fourth-order valence-corrected chi connectivity index (χ4v) is 5.35. The monoisotopic (exact) mass is 570 g/mol. The molecule has 2 aromatic heterocycles. The maximum absolute atomic E-state index is 12.0. The van der Waals surface area contributed by atoms with E-state index in [9.17, 15) is 4.79 Å². The van der Waals surface area contributed by atoms with E-state index in [2.05, 4.69) is 106 Å². The highest BCUT2D eigenvalue weighted by Gasteiger charge is 2.32. The number of esters is 1. The summed E-state index contributed by atoms with van der Waals surface area (Å²) in [5.74, 6) is 0.601. The topological polar surface area (TPSA) is 95.2 Å². The van der Waals surface area contributed by atoms with E-state index in [1.54, 1.807) is 6.33 Å². The van der Waals surface area contributed by atoms with Gasteiger partial charge in [0.25, 0.3) is 0 Å². The number of likely N-dealkylation sites (tertiary alicyclic amines) is 1. The Bertz CT molecular complexity index is 1410. The molecule has 0 aliphatic carbocycles. The molecule has 1 atom stereocenters. The third-order valence-corrected chi connectivity index (χ3v) is 7.60. The fraction of sp³-hybridized carbons (Fsp3) is 0.441. The summed E-state index contributed by atoms with van der Waals surface area (Å²) in [5, 5.41) is 7.99. The van der Waals surface area contributed by atoms with E-state index >= 15 is 0 Å². The normalized spacial score (nSPS) is 15.1. The van der Waals surface area contributed by atoms with Gasteiger partial charge < -0.3 is 15.0 Å². The maximum atomic E-state index is 12.0. The number of rotatable bonds is 9. The van der Waals surface area contributed by atoms with Crippen molar-refractivity contribution < 1.29 is 9.53 Å². The number of ether oxygens (including phenoxy) is 1. The number of fused-ring (bicyclic) bond motifs is 1. The first-order valence-electron chi connectivity index (χ1n) is 15.1. The van der Waals surface area contributed by atoms with Gasteiger partial charge in [-0.15, -0.1) is 0 Å². The molecule has 0 bridgehead atoms. The largest absolute Gasteiger partial charge is 0.468 e. The van der Waals surface area contributed by atoms with E-state index in [4.69, 9.17) is 4.74 Å². The minimum Gasteiger partial charge on any atom is -0.468 e. The SMILES string of the molecule is CCC.COC(=O)C(C)(C)NC1CCN(Cc2ccc(-c3cc4c(N[C@H](C)c5ccccc5)ncnc4[nH]3)cc2)CC1. The summed E-state index contributed by atoms with van der Waals surface area (Å²) in [5.41, 5.74) is 4.79. The predicted molar refractivity (Wildman–Crippen MR) is 171 cm³/mol. The van der Waals surface area contributed by atoms with Crippen LogP contribution in [-0.2, 0) is 16.1 Å². The van der Waals surface area contributed by atoms with Crippen LogP contribution < -0.4 is 10.6 Å². The molecule has 3 N–H and O–H groups in total. The molecule has 0 unspecified atom stereocenters. The van der Waals surface area contributed by atoms with E-state index in [1.807, 2.05) is 19.9 Å². The summed E-state index contributed by atoms with van der Waals surface area (Å²) in [4.78, 5) is 26.9. The van der Waals surface area contributed by atoms with E-state index < -0.39 is 5.54 Å². The number of carbonyl (C=O) groups is 1. The second-order valence-corrected chi connectivity index (χ2v) is 11.7. The fourth-order valence-electron chi connectivity index (χ4n) is 5.35. The van der Waals surface area contributed by atoms with Crippen LogP contribution in [0.3, 0.4) is 0 Å². The Labute approximate surface area is 250 Å². The smallest absolute Gasteiger partial charge is 0.325 e. The van der Waals surface area contributed by atoms with Crippen LogP contribution in [-0.4, -0.2) is 57.6 Å². The first kappa shape index (κ1) is 31.2. The molecule has 8 heteroatoms. The van der Waals surface area contributed by atoms with Gasteiger partial charge >= 0.3 is 5.97 Å². The second kappa shape index (κ2) is 14.4. The zero-order valence-electron chi connectivity index (χ0n) is 25.9. The van der Waals surface area contributed by atoms with Crippen LogP contribution in [0.2, 0.25) is 0 Å². The van der Waals surface area contributed by atoms with Gasteiger partial charge in [-0.25, -0.2) is 9.97 Å². The molecule has 0 radical (unpaired) electrons. The summed E-state index contributed by atoms with van der Waals surface area (Å²) < 4.78 is 4.93. The zero-order valence-corrected chi connectivity index (χ0v) is 25.9. The number of nitrogens with one attached hydrogen (secondary N) is 3. The predicted octanol–water partition coefficient (Wildman–Crippen LogP) is 6.72. The van der Waals surface area contributed by atoms with Gasteiger partial charge in [-0.3, -0.25) is 15.0 Å². The second-order valence-electron chi connectivity index (χ2n) is 11.7. The molecule has 1 fully saturated rings. The van der Waals surface area contributed by atoms with Crippen molar-refractivity contribution >= 4 is 22.8 Å². The summed E-state index contributed by atoms with van der Waals surface area (Å²) >= 11 is 0.